The molecule has 0 atom stereocenters. The second kappa shape index (κ2) is 11.0. The van der Waals surface area contributed by atoms with Gasteiger partial charge in [0, 0.05) is 32.3 Å². The number of fused-ring (bicyclic) bond motifs is 1. The van der Waals surface area contributed by atoms with Crippen molar-refractivity contribution in [2.75, 3.05) is 30.5 Å². The van der Waals surface area contributed by atoms with Crippen molar-refractivity contribution in [1.29, 1.82) is 0 Å². The summed E-state index contributed by atoms with van der Waals surface area (Å²) in [6, 6.07) is 15.0. The number of aromatic nitrogens is 1. The molecule has 1 aromatic heterocycles. The van der Waals surface area contributed by atoms with Gasteiger partial charge in [-0.3, -0.25) is 0 Å². The number of alkyl halides is 1. The first-order chi connectivity index (χ1) is 14.1. The highest BCUT2D eigenvalue weighted by Crippen LogP contribution is 2.29. The molecule has 0 aliphatic heterocycles. The third-order valence-electron chi connectivity index (χ3n) is 5.03. The molecule has 3 rings (SSSR count). The number of hydrogen-bond acceptors (Lipinski definition) is 3. The number of thiazole rings is 1. The maximum absolute atomic E-state index is 5.68. The van der Waals surface area contributed by atoms with E-state index in [-0.39, 0.29) is 0 Å². The Labute approximate surface area is 192 Å². The predicted molar refractivity (Wildman–Crippen MR) is 136 cm³/mol. The van der Waals surface area contributed by atoms with Crippen LogP contribution in [-0.4, -0.2) is 25.6 Å². The Kier molecular flexibility index (Phi) is 8.36. The lowest BCUT2D eigenvalue weighted by Crippen LogP contribution is -2.35. The molecule has 3 aromatic rings. The van der Waals surface area contributed by atoms with Crippen LogP contribution in [0, 0.1) is 0 Å². The molecule has 0 N–H and O–H groups in total. The van der Waals surface area contributed by atoms with E-state index in [4.69, 9.17) is 4.74 Å². The first-order valence-electron chi connectivity index (χ1n) is 10.1. The lowest BCUT2D eigenvalue weighted by Gasteiger charge is -2.11. The van der Waals surface area contributed by atoms with E-state index in [1.54, 1.807) is 7.11 Å². The molecule has 0 aliphatic rings. The summed E-state index contributed by atoms with van der Waals surface area (Å²) in [7, 11) is 5.90. The van der Waals surface area contributed by atoms with Crippen molar-refractivity contribution in [3.05, 3.63) is 53.0 Å². The smallest absolute Gasteiger partial charge is 0.266 e. The molecular weight excluding hydrogens is 491 g/mol. The van der Waals surface area contributed by atoms with Crippen molar-refractivity contribution in [3.63, 3.8) is 0 Å². The first-order valence-corrected chi connectivity index (χ1v) is 12.5. The van der Waals surface area contributed by atoms with Crippen LogP contribution < -0.4 is 14.2 Å². The Balaban J connectivity index is 1.88. The molecule has 0 unspecified atom stereocenters. The number of aryl methyl sites for hydroxylation is 1. The highest BCUT2D eigenvalue weighted by atomic mass is 127. The normalized spacial score (nSPS) is 11.4. The number of rotatable bonds is 10. The molecule has 29 heavy (non-hydrogen) atoms. The van der Waals surface area contributed by atoms with E-state index in [0.29, 0.717) is 0 Å². The van der Waals surface area contributed by atoms with Crippen LogP contribution in [0.15, 0.2) is 42.5 Å². The van der Waals surface area contributed by atoms with Gasteiger partial charge >= 0.3 is 0 Å². The number of nitrogens with zero attached hydrogens (tertiary/aromatic N) is 2. The van der Waals surface area contributed by atoms with Crippen LogP contribution in [-0.2, 0) is 6.54 Å². The maximum Gasteiger partial charge on any atom is 0.266 e. The molecule has 0 aliphatic carbocycles. The number of halogens is 1. The Morgan fingerprint density at radius 3 is 2.45 bits per heavy atom. The molecule has 0 radical (unpaired) electrons. The van der Waals surface area contributed by atoms with Gasteiger partial charge in [-0.1, -0.05) is 58.5 Å². The topological polar surface area (TPSA) is 16.4 Å². The molecule has 0 saturated heterocycles. The molecule has 0 fully saturated rings. The van der Waals surface area contributed by atoms with Crippen LogP contribution >= 0.6 is 33.9 Å². The minimum atomic E-state index is 0.959. The SMILES string of the molecule is COc1cccc2sc(/C=C/c3ccc(N(C)C)cc3)[n+](CCCCCCI)c12. The van der Waals surface area contributed by atoms with Crippen molar-refractivity contribution >= 4 is 62.0 Å². The van der Waals surface area contributed by atoms with E-state index in [9.17, 15) is 0 Å². The van der Waals surface area contributed by atoms with Crippen molar-refractivity contribution in [1.82, 2.24) is 0 Å². The number of unbranched alkanes of at least 4 members (excludes halogenated alkanes) is 3. The number of anilines is 1. The van der Waals surface area contributed by atoms with E-state index >= 15 is 0 Å². The van der Waals surface area contributed by atoms with Gasteiger partial charge in [0.1, 0.15) is 4.70 Å². The highest BCUT2D eigenvalue weighted by Gasteiger charge is 2.22. The van der Waals surface area contributed by atoms with Gasteiger partial charge in [-0.05, 0) is 53.2 Å². The summed E-state index contributed by atoms with van der Waals surface area (Å²) in [5.74, 6) is 0.959. The zero-order chi connectivity index (χ0) is 20.6. The van der Waals surface area contributed by atoms with Crippen molar-refractivity contribution in [2.45, 2.75) is 32.2 Å². The number of para-hydroxylation sites is 1. The lowest BCUT2D eigenvalue weighted by molar-refractivity contribution is -0.669. The number of ether oxygens (including phenoxy) is 1. The average Bonchev–Trinajstić information content (AvgIpc) is 3.10. The quantitative estimate of drug-likeness (QED) is 0.132. The summed E-state index contributed by atoms with van der Waals surface area (Å²) in [4.78, 5) is 2.12. The fourth-order valence-corrected chi connectivity index (χ4v) is 5.06. The maximum atomic E-state index is 5.68. The summed E-state index contributed by atoms with van der Waals surface area (Å²) >= 11 is 4.30. The molecule has 154 valence electrons. The van der Waals surface area contributed by atoms with Crippen LogP contribution in [0.25, 0.3) is 22.4 Å². The van der Waals surface area contributed by atoms with E-state index in [1.165, 1.54) is 56.6 Å². The van der Waals surface area contributed by atoms with Gasteiger partial charge in [-0.2, -0.15) is 4.57 Å². The molecule has 5 heteroatoms. The van der Waals surface area contributed by atoms with Crippen LogP contribution in [0.3, 0.4) is 0 Å². The Morgan fingerprint density at radius 2 is 1.76 bits per heavy atom. The molecule has 1 heterocycles. The second-order valence-electron chi connectivity index (χ2n) is 7.32. The predicted octanol–water partition coefficient (Wildman–Crippen LogP) is 6.43. The van der Waals surface area contributed by atoms with Gasteiger partial charge in [0.25, 0.3) is 10.5 Å². The molecule has 0 bridgehead atoms. The summed E-state index contributed by atoms with van der Waals surface area (Å²) in [5.41, 5.74) is 3.65. The van der Waals surface area contributed by atoms with Gasteiger partial charge in [0.15, 0.2) is 12.3 Å². The van der Waals surface area contributed by atoms with Crippen molar-refractivity contribution < 1.29 is 9.30 Å². The van der Waals surface area contributed by atoms with Gasteiger partial charge < -0.3 is 9.64 Å². The Hall–Kier alpha value is -1.60. The third-order valence-corrected chi connectivity index (χ3v) is 6.90. The van der Waals surface area contributed by atoms with E-state index in [0.717, 1.165) is 12.3 Å². The summed E-state index contributed by atoms with van der Waals surface area (Å²) in [5, 5.41) is 1.27. The van der Waals surface area contributed by atoms with Gasteiger partial charge in [0.05, 0.1) is 7.11 Å². The zero-order valence-corrected chi connectivity index (χ0v) is 20.5. The fourth-order valence-electron chi connectivity index (χ4n) is 3.41. The van der Waals surface area contributed by atoms with Crippen molar-refractivity contribution in [2.24, 2.45) is 0 Å². The van der Waals surface area contributed by atoms with E-state index in [2.05, 4.69) is 101 Å². The third kappa shape index (κ3) is 5.72. The number of hydrogen-bond donors (Lipinski definition) is 0. The van der Waals surface area contributed by atoms with Crippen molar-refractivity contribution in [3.8, 4) is 5.75 Å². The minimum absolute atomic E-state index is 0.959. The molecular formula is C24H30IN2OS+. The van der Waals surface area contributed by atoms with E-state index in [1.807, 2.05) is 11.3 Å². The fraction of sp³-hybridized carbons (Fsp3) is 0.375. The molecule has 3 nitrogen and oxygen atoms in total. The first kappa shape index (κ1) is 22.1. The number of methoxy groups -OCH3 is 1. The summed E-state index contributed by atoms with van der Waals surface area (Å²) in [6.07, 6.45) is 9.56. The molecule has 0 amide bonds. The van der Waals surface area contributed by atoms with Crippen LogP contribution in [0.1, 0.15) is 36.3 Å². The average molecular weight is 521 g/mol. The second-order valence-corrected chi connectivity index (χ2v) is 9.46. The Morgan fingerprint density at radius 1 is 1.00 bits per heavy atom. The Bertz CT molecular complexity index is 947. The highest BCUT2D eigenvalue weighted by molar-refractivity contribution is 14.1. The van der Waals surface area contributed by atoms with Gasteiger partial charge in [-0.15, -0.1) is 0 Å². The summed E-state index contributed by atoms with van der Waals surface area (Å²) < 4.78 is 10.6. The van der Waals surface area contributed by atoms with Crippen LogP contribution in [0.2, 0.25) is 0 Å². The zero-order valence-electron chi connectivity index (χ0n) is 17.5. The standard InChI is InChI=1S/C24H30IN2OS/c1-26(2)20-14-11-19(12-15-20)13-16-23-27(18-7-5-4-6-17-25)24-21(28-3)9-8-10-22(24)29-23/h8-16H,4-7,17-18H2,1-3H3/q+1. The minimum Gasteiger partial charge on any atom is -0.490 e. The van der Waals surface area contributed by atoms with E-state index < -0.39 is 0 Å². The number of benzene rings is 2. The van der Waals surface area contributed by atoms with Gasteiger partial charge in [-0.25, -0.2) is 0 Å². The monoisotopic (exact) mass is 521 g/mol. The van der Waals surface area contributed by atoms with Gasteiger partial charge in [0.2, 0.25) is 0 Å². The summed E-state index contributed by atoms with van der Waals surface area (Å²) in [6.45, 7) is 1.03. The largest absolute Gasteiger partial charge is 0.490 e. The molecule has 0 saturated carbocycles. The lowest BCUT2D eigenvalue weighted by atomic mass is 10.2. The molecule has 0 spiro atoms. The molecule has 2 aromatic carbocycles. The van der Waals surface area contributed by atoms with Crippen LogP contribution in [0.5, 0.6) is 5.75 Å². The van der Waals surface area contributed by atoms with Crippen LogP contribution in [0.4, 0.5) is 5.69 Å².